The van der Waals surface area contributed by atoms with Gasteiger partial charge in [-0.05, 0) is 18.2 Å². The van der Waals surface area contributed by atoms with Gasteiger partial charge in [-0.15, -0.1) is 0 Å². The Balaban J connectivity index is 2.04. The predicted molar refractivity (Wildman–Crippen MR) is 62.8 cm³/mol. The molecule has 1 heterocycles. The van der Waals surface area contributed by atoms with Crippen LogP contribution in [0, 0.1) is 0 Å². The molecule has 5 heteroatoms. The number of aromatic carboxylic acids is 1. The van der Waals surface area contributed by atoms with Crippen molar-refractivity contribution in [2.45, 2.75) is 6.54 Å². The van der Waals surface area contributed by atoms with Gasteiger partial charge in [0.15, 0.2) is 5.69 Å². The number of hydrogen-bond donors (Lipinski definition) is 2. The van der Waals surface area contributed by atoms with E-state index >= 15 is 0 Å². The van der Waals surface area contributed by atoms with Gasteiger partial charge in [-0.2, -0.15) is 0 Å². The monoisotopic (exact) mass is 229 g/mol. The molecule has 0 fully saturated rings. The fourth-order valence-electron chi connectivity index (χ4n) is 1.34. The summed E-state index contributed by atoms with van der Waals surface area (Å²) in [4.78, 5) is 18.6. The van der Waals surface area contributed by atoms with E-state index in [0.717, 1.165) is 5.69 Å². The van der Waals surface area contributed by atoms with Crippen molar-refractivity contribution in [3.05, 3.63) is 54.1 Å². The van der Waals surface area contributed by atoms with Crippen LogP contribution >= 0.6 is 0 Å². The van der Waals surface area contributed by atoms with Crippen LogP contribution in [0.5, 0.6) is 0 Å². The summed E-state index contributed by atoms with van der Waals surface area (Å²) >= 11 is 0. The lowest BCUT2D eigenvalue weighted by Gasteiger charge is -2.05. The normalized spacial score (nSPS) is 9.88. The molecule has 0 aliphatic carbocycles. The van der Waals surface area contributed by atoms with Gasteiger partial charge in [-0.1, -0.05) is 18.2 Å². The van der Waals surface area contributed by atoms with Gasteiger partial charge >= 0.3 is 5.97 Å². The van der Waals surface area contributed by atoms with E-state index in [1.54, 1.807) is 0 Å². The molecule has 0 saturated carbocycles. The zero-order valence-electron chi connectivity index (χ0n) is 9.00. The van der Waals surface area contributed by atoms with Crippen molar-refractivity contribution in [3.63, 3.8) is 0 Å². The molecule has 0 unspecified atom stereocenters. The Labute approximate surface area is 98.2 Å². The Morgan fingerprint density at radius 2 is 2.00 bits per heavy atom. The van der Waals surface area contributed by atoms with Crippen LogP contribution in [0.1, 0.15) is 16.3 Å². The van der Waals surface area contributed by atoms with Crippen LogP contribution in [-0.2, 0) is 6.54 Å². The Morgan fingerprint density at radius 1 is 1.24 bits per heavy atom. The Morgan fingerprint density at radius 3 is 2.71 bits per heavy atom. The third-order valence-corrected chi connectivity index (χ3v) is 2.15. The van der Waals surface area contributed by atoms with Crippen molar-refractivity contribution in [2.24, 2.45) is 0 Å². The first kappa shape index (κ1) is 11.1. The molecule has 0 bridgehead atoms. The van der Waals surface area contributed by atoms with Crippen molar-refractivity contribution >= 4 is 11.7 Å². The van der Waals surface area contributed by atoms with E-state index in [4.69, 9.17) is 5.11 Å². The van der Waals surface area contributed by atoms with Crippen LogP contribution in [0.2, 0.25) is 0 Å². The first-order chi connectivity index (χ1) is 8.25. The summed E-state index contributed by atoms with van der Waals surface area (Å²) < 4.78 is 0. The highest BCUT2D eigenvalue weighted by molar-refractivity contribution is 5.85. The summed E-state index contributed by atoms with van der Waals surface area (Å²) in [5, 5.41) is 11.9. The summed E-state index contributed by atoms with van der Waals surface area (Å²) in [7, 11) is 0. The van der Waals surface area contributed by atoms with Gasteiger partial charge < -0.3 is 10.4 Å². The van der Waals surface area contributed by atoms with E-state index in [9.17, 15) is 4.79 Å². The number of carboxylic acid groups (broad SMARTS) is 1. The number of carboxylic acids is 1. The molecule has 0 aliphatic rings. The highest BCUT2D eigenvalue weighted by atomic mass is 16.4. The molecule has 0 amide bonds. The van der Waals surface area contributed by atoms with Crippen molar-refractivity contribution in [1.29, 1.82) is 0 Å². The molecule has 0 spiro atoms. The van der Waals surface area contributed by atoms with Crippen LogP contribution in [0.25, 0.3) is 0 Å². The highest BCUT2D eigenvalue weighted by Crippen LogP contribution is 2.06. The first-order valence-electron chi connectivity index (χ1n) is 5.10. The largest absolute Gasteiger partial charge is 0.477 e. The molecule has 0 atom stereocenters. The first-order valence-corrected chi connectivity index (χ1v) is 5.10. The second kappa shape index (κ2) is 5.07. The summed E-state index contributed by atoms with van der Waals surface area (Å²) in [5.41, 5.74) is 0.946. The summed E-state index contributed by atoms with van der Waals surface area (Å²) in [6.07, 6.45) is 1.44. The zero-order chi connectivity index (χ0) is 12.1. The molecule has 2 rings (SSSR count). The van der Waals surface area contributed by atoms with Gasteiger partial charge in [0.05, 0.1) is 6.54 Å². The lowest BCUT2D eigenvalue weighted by atomic mass is 10.3. The lowest BCUT2D eigenvalue weighted by Crippen LogP contribution is -2.08. The molecule has 2 aromatic rings. The van der Waals surface area contributed by atoms with Crippen LogP contribution in [0.4, 0.5) is 5.69 Å². The smallest absolute Gasteiger partial charge is 0.354 e. The summed E-state index contributed by atoms with van der Waals surface area (Å²) in [5.74, 6) is -0.595. The van der Waals surface area contributed by atoms with E-state index in [1.807, 2.05) is 30.3 Å². The third-order valence-electron chi connectivity index (χ3n) is 2.15. The van der Waals surface area contributed by atoms with Crippen LogP contribution in [0.3, 0.4) is 0 Å². The molecule has 2 N–H and O–H groups in total. The van der Waals surface area contributed by atoms with E-state index in [0.29, 0.717) is 12.4 Å². The molecule has 86 valence electrons. The second-order valence-electron chi connectivity index (χ2n) is 3.38. The quantitative estimate of drug-likeness (QED) is 0.835. The molecule has 0 saturated heterocycles. The van der Waals surface area contributed by atoms with E-state index in [2.05, 4.69) is 15.3 Å². The molecule has 5 nitrogen and oxygen atoms in total. The second-order valence-corrected chi connectivity index (χ2v) is 3.38. The Bertz CT molecular complexity index is 514. The minimum absolute atomic E-state index is 0.00450. The minimum Gasteiger partial charge on any atom is -0.477 e. The van der Waals surface area contributed by atoms with Crippen molar-refractivity contribution in [1.82, 2.24) is 9.97 Å². The van der Waals surface area contributed by atoms with Gasteiger partial charge in [-0.3, -0.25) is 0 Å². The van der Waals surface area contributed by atoms with Crippen molar-refractivity contribution in [2.75, 3.05) is 5.32 Å². The highest BCUT2D eigenvalue weighted by Gasteiger charge is 2.05. The van der Waals surface area contributed by atoms with E-state index in [1.165, 1.54) is 12.3 Å². The maximum atomic E-state index is 10.7. The molecule has 0 radical (unpaired) electrons. The SMILES string of the molecule is O=C(O)c1ccnc(CNc2ccccc2)n1. The van der Waals surface area contributed by atoms with Gasteiger partial charge in [0, 0.05) is 11.9 Å². The summed E-state index contributed by atoms with van der Waals surface area (Å²) in [6.45, 7) is 0.394. The molecular weight excluding hydrogens is 218 g/mol. The van der Waals surface area contributed by atoms with Crippen molar-refractivity contribution in [3.8, 4) is 0 Å². The van der Waals surface area contributed by atoms with Gasteiger partial charge in [0.25, 0.3) is 0 Å². The number of benzene rings is 1. The Kier molecular flexibility index (Phi) is 3.30. The fraction of sp³-hybridized carbons (Fsp3) is 0.0833. The minimum atomic E-state index is -1.05. The Hall–Kier alpha value is -2.43. The number of rotatable bonds is 4. The van der Waals surface area contributed by atoms with Crippen LogP contribution < -0.4 is 5.32 Å². The number of carbonyl (C=O) groups is 1. The van der Waals surface area contributed by atoms with E-state index < -0.39 is 5.97 Å². The standard InChI is InChI=1S/C12H11N3O2/c16-12(17)10-6-7-13-11(15-10)8-14-9-4-2-1-3-5-9/h1-7,14H,8H2,(H,16,17). The zero-order valence-corrected chi connectivity index (χ0v) is 9.00. The molecular formula is C12H11N3O2. The van der Waals surface area contributed by atoms with Gasteiger partial charge in [0.1, 0.15) is 5.82 Å². The molecule has 17 heavy (non-hydrogen) atoms. The number of aromatic nitrogens is 2. The van der Waals surface area contributed by atoms with Crippen molar-refractivity contribution < 1.29 is 9.90 Å². The topological polar surface area (TPSA) is 75.1 Å². The fourth-order valence-corrected chi connectivity index (χ4v) is 1.34. The molecule has 1 aromatic carbocycles. The molecule has 1 aromatic heterocycles. The maximum Gasteiger partial charge on any atom is 0.354 e. The predicted octanol–water partition coefficient (Wildman–Crippen LogP) is 1.79. The summed E-state index contributed by atoms with van der Waals surface area (Å²) in [6, 6.07) is 11.0. The number of nitrogens with one attached hydrogen (secondary N) is 1. The van der Waals surface area contributed by atoms with E-state index in [-0.39, 0.29) is 5.69 Å². The van der Waals surface area contributed by atoms with Crippen LogP contribution in [-0.4, -0.2) is 21.0 Å². The van der Waals surface area contributed by atoms with Crippen LogP contribution in [0.15, 0.2) is 42.6 Å². The molecule has 0 aliphatic heterocycles. The van der Waals surface area contributed by atoms with Gasteiger partial charge in [-0.25, -0.2) is 14.8 Å². The lowest BCUT2D eigenvalue weighted by molar-refractivity contribution is 0.0690. The number of para-hydroxylation sites is 1. The average Bonchev–Trinajstić information content (AvgIpc) is 2.38. The van der Waals surface area contributed by atoms with Gasteiger partial charge in [0.2, 0.25) is 0 Å². The number of anilines is 1. The third kappa shape index (κ3) is 3.01. The maximum absolute atomic E-state index is 10.7. The number of hydrogen-bond acceptors (Lipinski definition) is 4. The number of nitrogens with zero attached hydrogens (tertiary/aromatic N) is 2. The average molecular weight is 229 g/mol.